The number of carbonyl (C=O) groups is 1. The van der Waals surface area contributed by atoms with Crippen molar-refractivity contribution >= 4 is 49.4 Å². The first kappa shape index (κ1) is 40.4. The molecule has 1 N–H and O–H groups in total. The topological polar surface area (TPSA) is 63.3 Å². The Kier molecular flexibility index (Phi) is 12.7. The molecule has 0 saturated heterocycles. The van der Waals surface area contributed by atoms with Crippen LogP contribution in [0.1, 0.15) is 115 Å². The minimum Gasteiger partial charge on any atom is -0.512 e. The molecule has 2 heterocycles. The number of carbonyl (C=O) groups excluding carboxylic acids is 1. The minimum atomic E-state index is -0.00979. The van der Waals surface area contributed by atoms with Gasteiger partial charge in [0.2, 0.25) is 0 Å². The van der Waals surface area contributed by atoms with E-state index in [0.29, 0.717) is 0 Å². The Labute approximate surface area is 329 Å². The van der Waals surface area contributed by atoms with Crippen molar-refractivity contribution in [1.29, 1.82) is 0 Å². The summed E-state index contributed by atoms with van der Waals surface area (Å²) in [7, 11) is 0. The molecule has 1 radical (unpaired) electrons. The first-order chi connectivity index (χ1) is 24.9. The summed E-state index contributed by atoms with van der Waals surface area (Å²) in [5, 5.41) is 15.6. The zero-order valence-corrected chi connectivity index (χ0v) is 35.5. The van der Waals surface area contributed by atoms with E-state index in [1.54, 1.807) is 0 Å². The maximum atomic E-state index is 11.7. The molecule has 0 bridgehead atoms. The summed E-state index contributed by atoms with van der Waals surface area (Å²) in [5.41, 5.74) is 11.6. The van der Waals surface area contributed by atoms with Crippen LogP contribution < -0.4 is 0 Å². The van der Waals surface area contributed by atoms with Crippen molar-refractivity contribution in [2.45, 2.75) is 119 Å². The Hall–Kier alpha value is -3.79. The minimum absolute atomic E-state index is 0. The quantitative estimate of drug-likeness (QED) is 0.0939. The number of nitrogens with zero attached hydrogens (tertiary/aromatic N) is 1. The van der Waals surface area contributed by atoms with Gasteiger partial charge in [0.05, 0.1) is 11.3 Å². The molecule has 6 aromatic rings. The maximum absolute atomic E-state index is 11.7. The average molecular weight is 887 g/mol. The van der Waals surface area contributed by atoms with Crippen LogP contribution in [0.15, 0.2) is 70.8 Å². The van der Waals surface area contributed by atoms with E-state index in [1.165, 1.54) is 57.5 Å². The Morgan fingerprint density at radius 1 is 0.868 bits per heavy atom. The van der Waals surface area contributed by atoms with Gasteiger partial charge in [0.15, 0.2) is 5.78 Å². The molecule has 0 spiro atoms. The van der Waals surface area contributed by atoms with Gasteiger partial charge in [-0.25, -0.2) is 0 Å². The second kappa shape index (κ2) is 16.7. The second-order valence-corrected chi connectivity index (χ2v) is 15.9. The number of aryl methyl sites for hydroxylation is 4. The number of hydrogen-bond donors (Lipinski definition) is 1. The number of aliphatic hydroxyl groups excluding tert-OH is 1. The van der Waals surface area contributed by atoms with Crippen molar-refractivity contribution < 1.29 is 34.4 Å². The zero-order chi connectivity index (χ0) is 37.3. The molecule has 4 aromatic carbocycles. The molecule has 0 saturated carbocycles. The number of ketones is 1. The normalized spacial score (nSPS) is 13.5. The third-order valence-electron chi connectivity index (χ3n) is 11.3. The number of rotatable bonds is 8. The Morgan fingerprint density at radius 3 is 2.23 bits per heavy atom. The van der Waals surface area contributed by atoms with Crippen molar-refractivity contribution in [3.05, 3.63) is 100 Å². The molecule has 4 nitrogen and oxygen atoms in total. The summed E-state index contributed by atoms with van der Waals surface area (Å²) >= 11 is 0. The second-order valence-electron chi connectivity index (χ2n) is 15.9. The summed E-state index contributed by atoms with van der Waals surface area (Å²) in [6.07, 6.45) is 9.61. The Balaban J connectivity index is 0.000000290. The SMILES string of the molecule is CCC(CC)C(=O)/C=C(\O)C(CC)CC.Cc1cc(C)c2c(c1)nc(-c1[c-]c3ccccc3c(C(C)(C)C)c1)c1c3ccc4c(c3oc21)CCCC4.[Ir]. The molecule has 1 aliphatic rings. The van der Waals surface area contributed by atoms with Crippen LogP contribution in [0.4, 0.5) is 0 Å². The van der Waals surface area contributed by atoms with Gasteiger partial charge in [0.25, 0.3) is 0 Å². The van der Waals surface area contributed by atoms with Crippen molar-refractivity contribution in [3.8, 4) is 11.3 Å². The number of aromatic nitrogens is 1. The average Bonchev–Trinajstić information content (AvgIpc) is 3.51. The van der Waals surface area contributed by atoms with Crippen LogP contribution in [-0.2, 0) is 43.2 Å². The first-order valence-corrected chi connectivity index (χ1v) is 19.6. The van der Waals surface area contributed by atoms with E-state index in [0.717, 1.165) is 82.6 Å². The molecular formula is C48H56IrNO3-. The molecule has 0 amide bonds. The van der Waals surface area contributed by atoms with Crippen LogP contribution >= 0.6 is 0 Å². The van der Waals surface area contributed by atoms with E-state index in [9.17, 15) is 9.90 Å². The molecular weight excluding hydrogens is 831 g/mol. The molecule has 0 aliphatic heterocycles. The molecule has 53 heavy (non-hydrogen) atoms. The fourth-order valence-electron chi connectivity index (χ4n) is 8.25. The molecule has 7 rings (SSSR count). The Bertz CT molecular complexity index is 2300. The van der Waals surface area contributed by atoms with Gasteiger partial charge in [-0.2, -0.15) is 0 Å². The van der Waals surface area contributed by atoms with Gasteiger partial charge in [-0.05, 0) is 98.9 Å². The maximum Gasteiger partial charge on any atom is 0.162 e. The first-order valence-electron chi connectivity index (χ1n) is 19.6. The van der Waals surface area contributed by atoms with Crippen LogP contribution in [0.25, 0.3) is 54.9 Å². The number of hydrogen-bond acceptors (Lipinski definition) is 4. The van der Waals surface area contributed by atoms with Gasteiger partial charge < -0.3 is 9.52 Å². The number of aliphatic hydroxyl groups is 1. The van der Waals surface area contributed by atoms with Gasteiger partial charge >= 0.3 is 0 Å². The standard InChI is InChI=1S/C35H32NO.C13H24O2.Ir/c1-20-16-21(2)30-29(17-20)36-32(24-18-23-11-7-8-12-25(23)28(19-24)35(3,4)5)31-27-15-14-22-10-6-9-13-26(22)33(27)37-34(30)31;1-5-10(6-2)12(14)9-13(15)11(7-3)8-4;/h7-8,11-12,14-17,19H,6,9-10,13H2,1-5H3;9-11,14H,5-8H2,1-4H3;/q-1;;/b;12-9-;. The van der Waals surface area contributed by atoms with Crippen LogP contribution in [0, 0.1) is 31.7 Å². The van der Waals surface area contributed by atoms with Gasteiger partial charge in [0.1, 0.15) is 11.2 Å². The van der Waals surface area contributed by atoms with Crippen LogP contribution in [0.3, 0.4) is 0 Å². The fourth-order valence-corrected chi connectivity index (χ4v) is 8.25. The van der Waals surface area contributed by atoms with E-state index in [2.05, 4.69) is 95.3 Å². The van der Waals surface area contributed by atoms with Crippen molar-refractivity contribution in [2.75, 3.05) is 0 Å². The van der Waals surface area contributed by atoms with E-state index in [4.69, 9.17) is 9.40 Å². The summed E-state index contributed by atoms with van der Waals surface area (Å²) in [5.74, 6) is 0.547. The van der Waals surface area contributed by atoms with Crippen LogP contribution in [0.2, 0.25) is 0 Å². The monoisotopic (exact) mass is 887 g/mol. The van der Waals surface area contributed by atoms with Crippen molar-refractivity contribution in [1.82, 2.24) is 4.98 Å². The molecule has 0 fully saturated rings. The summed E-state index contributed by atoms with van der Waals surface area (Å²) in [6.45, 7) is 19.3. The predicted octanol–water partition coefficient (Wildman–Crippen LogP) is 13.4. The van der Waals surface area contributed by atoms with Crippen LogP contribution in [0.5, 0.6) is 0 Å². The number of allylic oxidation sites excluding steroid dienone is 2. The van der Waals surface area contributed by atoms with Crippen molar-refractivity contribution in [2.24, 2.45) is 11.8 Å². The predicted molar refractivity (Wildman–Crippen MR) is 219 cm³/mol. The number of furan rings is 1. The number of pyridine rings is 1. The molecule has 2 aromatic heterocycles. The van der Waals surface area contributed by atoms with Gasteiger partial charge in [-0.15, -0.1) is 29.1 Å². The molecule has 0 unspecified atom stereocenters. The van der Waals surface area contributed by atoms with Gasteiger partial charge in [-0.1, -0.05) is 95.8 Å². The Morgan fingerprint density at radius 2 is 1.55 bits per heavy atom. The fraction of sp³-hybridized carbons (Fsp3) is 0.417. The van der Waals surface area contributed by atoms with E-state index in [1.807, 2.05) is 27.7 Å². The van der Waals surface area contributed by atoms with Gasteiger partial charge in [-0.3, -0.25) is 9.78 Å². The molecule has 0 atom stereocenters. The third kappa shape index (κ3) is 8.03. The zero-order valence-electron chi connectivity index (χ0n) is 33.1. The van der Waals surface area contributed by atoms with E-state index < -0.39 is 0 Å². The summed E-state index contributed by atoms with van der Waals surface area (Å²) < 4.78 is 6.88. The summed E-state index contributed by atoms with van der Waals surface area (Å²) in [6, 6.07) is 23.7. The van der Waals surface area contributed by atoms with E-state index in [-0.39, 0.29) is 48.9 Å². The largest absolute Gasteiger partial charge is 0.512 e. The van der Waals surface area contributed by atoms with E-state index >= 15 is 0 Å². The molecule has 281 valence electrons. The third-order valence-corrected chi connectivity index (χ3v) is 11.3. The smallest absolute Gasteiger partial charge is 0.162 e. The van der Waals surface area contributed by atoms with Crippen molar-refractivity contribution in [3.63, 3.8) is 0 Å². The summed E-state index contributed by atoms with van der Waals surface area (Å²) in [4.78, 5) is 17.1. The van der Waals surface area contributed by atoms with Crippen LogP contribution in [-0.4, -0.2) is 15.9 Å². The molecule has 1 aliphatic carbocycles. The van der Waals surface area contributed by atoms with Gasteiger partial charge in [0, 0.05) is 59.9 Å². The number of fused-ring (bicyclic) bond motifs is 8. The molecule has 5 heteroatoms. The number of benzene rings is 4.